The summed E-state index contributed by atoms with van der Waals surface area (Å²) >= 11 is 0. The molecule has 1 aliphatic carbocycles. The lowest BCUT2D eigenvalue weighted by Gasteiger charge is -2.38. The minimum absolute atomic E-state index is 0.0271. The van der Waals surface area contributed by atoms with E-state index >= 15 is 0 Å². The predicted molar refractivity (Wildman–Crippen MR) is 55.8 cm³/mol. The van der Waals surface area contributed by atoms with Gasteiger partial charge in [0.15, 0.2) is 0 Å². The van der Waals surface area contributed by atoms with E-state index in [2.05, 4.69) is 18.8 Å². The number of aliphatic hydroxyl groups is 1. The van der Waals surface area contributed by atoms with Crippen LogP contribution in [-0.2, 0) is 4.79 Å². The molecule has 0 saturated heterocycles. The molecule has 1 amide bonds. The van der Waals surface area contributed by atoms with Gasteiger partial charge in [0.25, 0.3) is 0 Å². The summed E-state index contributed by atoms with van der Waals surface area (Å²) in [7, 11) is 0. The van der Waals surface area contributed by atoms with Gasteiger partial charge in [0.05, 0.1) is 12.1 Å². The van der Waals surface area contributed by atoms with E-state index < -0.39 is 5.54 Å². The first kappa shape index (κ1) is 11.2. The maximum atomic E-state index is 11.2. The molecule has 1 aliphatic rings. The highest BCUT2D eigenvalue weighted by Gasteiger charge is 2.34. The normalized spacial score (nSPS) is 32.3. The summed E-state index contributed by atoms with van der Waals surface area (Å²) in [5.41, 5.74) is -0.391. The smallest absolute Gasteiger partial charge is 0.243 e. The van der Waals surface area contributed by atoms with Crippen molar-refractivity contribution in [3.8, 4) is 0 Å². The van der Waals surface area contributed by atoms with Gasteiger partial charge in [-0.2, -0.15) is 0 Å². The molecule has 1 fully saturated rings. The van der Waals surface area contributed by atoms with Crippen molar-refractivity contribution < 1.29 is 9.90 Å². The molecule has 1 saturated carbocycles. The van der Waals surface area contributed by atoms with Crippen molar-refractivity contribution in [3.63, 3.8) is 0 Å². The average Bonchev–Trinajstić information content (AvgIpc) is 2.22. The Morgan fingerprint density at radius 2 is 2.21 bits per heavy atom. The zero-order chi connectivity index (χ0) is 10.6. The molecule has 0 aromatic rings. The fraction of sp³-hybridized carbons (Fsp3) is 0.727. The molecule has 0 atom stereocenters. The van der Waals surface area contributed by atoms with Crippen molar-refractivity contribution in [1.82, 2.24) is 5.32 Å². The van der Waals surface area contributed by atoms with Crippen LogP contribution in [0.5, 0.6) is 0 Å². The average molecular weight is 197 g/mol. The molecule has 3 nitrogen and oxygen atoms in total. The van der Waals surface area contributed by atoms with Crippen LogP contribution in [0.15, 0.2) is 12.7 Å². The molecule has 80 valence electrons. The van der Waals surface area contributed by atoms with Gasteiger partial charge in [-0.3, -0.25) is 4.79 Å². The quantitative estimate of drug-likeness (QED) is 0.668. The maximum Gasteiger partial charge on any atom is 0.243 e. The summed E-state index contributed by atoms with van der Waals surface area (Å²) in [6.45, 7) is 5.64. The van der Waals surface area contributed by atoms with Gasteiger partial charge in [0.2, 0.25) is 5.91 Å². The molecule has 0 aromatic heterocycles. The van der Waals surface area contributed by atoms with E-state index in [0.29, 0.717) is 5.92 Å². The molecule has 0 spiro atoms. The Balaban J connectivity index is 2.58. The van der Waals surface area contributed by atoms with Gasteiger partial charge in [0, 0.05) is 0 Å². The van der Waals surface area contributed by atoms with Crippen LogP contribution < -0.4 is 5.32 Å². The third-order valence-corrected chi connectivity index (χ3v) is 3.11. The van der Waals surface area contributed by atoms with Crippen molar-refractivity contribution in [2.45, 2.75) is 38.1 Å². The molecule has 1 rings (SSSR count). The molecule has 0 radical (unpaired) electrons. The largest absolute Gasteiger partial charge is 0.394 e. The number of rotatable bonds is 3. The van der Waals surface area contributed by atoms with Crippen LogP contribution in [-0.4, -0.2) is 23.2 Å². The van der Waals surface area contributed by atoms with Gasteiger partial charge < -0.3 is 10.4 Å². The minimum Gasteiger partial charge on any atom is -0.394 e. The first-order valence-corrected chi connectivity index (χ1v) is 5.17. The highest BCUT2D eigenvalue weighted by molar-refractivity contribution is 5.87. The van der Waals surface area contributed by atoms with Crippen molar-refractivity contribution in [2.24, 2.45) is 5.92 Å². The third kappa shape index (κ3) is 2.58. The molecule has 2 N–H and O–H groups in total. The van der Waals surface area contributed by atoms with Crippen molar-refractivity contribution in [3.05, 3.63) is 12.7 Å². The molecule has 0 aromatic carbocycles. The number of hydrogen-bond acceptors (Lipinski definition) is 2. The van der Waals surface area contributed by atoms with Crippen LogP contribution in [0.3, 0.4) is 0 Å². The SMILES string of the molecule is C=CC(=O)NC1(CO)CCC(C)CC1. The van der Waals surface area contributed by atoms with E-state index in [9.17, 15) is 9.90 Å². The number of carbonyl (C=O) groups is 1. The van der Waals surface area contributed by atoms with Crippen molar-refractivity contribution in [1.29, 1.82) is 0 Å². The van der Waals surface area contributed by atoms with Gasteiger partial charge in [-0.05, 0) is 37.7 Å². The first-order chi connectivity index (χ1) is 6.62. The van der Waals surface area contributed by atoms with Crippen LogP contribution >= 0.6 is 0 Å². The zero-order valence-corrected chi connectivity index (χ0v) is 8.75. The highest BCUT2D eigenvalue weighted by Crippen LogP contribution is 2.31. The Morgan fingerprint density at radius 1 is 1.64 bits per heavy atom. The van der Waals surface area contributed by atoms with Gasteiger partial charge in [-0.1, -0.05) is 13.5 Å². The number of hydrogen-bond donors (Lipinski definition) is 2. The Hall–Kier alpha value is -0.830. The standard InChI is InChI=1S/C11H19NO2/c1-3-10(14)12-11(8-13)6-4-9(2)5-7-11/h3,9,13H,1,4-8H2,2H3,(H,12,14). The Labute approximate surface area is 85.2 Å². The van der Waals surface area contributed by atoms with E-state index in [1.807, 2.05) is 0 Å². The van der Waals surface area contributed by atoms with Gasteiger partial charge in [0.1, 0.15) is 0 Å². The Bertz CT molecular complexity index is 217. The summed E-state index contributed by atoms with van der Waals surface area (Å²) < 4.78 is 0. The second-order valence-corrected chi connectivity index (χ2v) is 4.31. The Kier molecular flexibility index (Phi) is 3.69. The molecule has 3 heteroatoms. The summed E-state index contributed by atoms with van der Waals surface area (Å²) in [4.78, 5) is 11.2. The highest BCUT2D eigenvalue weighted by atomic mass is 16.3. The zero-order valence-electron chi connectivity index (χ0n) is 8.75. The summed E-state index contributed by atoms with van der Waals surface area (Å²) in [5.74, 6) is 0.518. The van der Waals surface area contributed by atoms with Crippen molar-refractivity contribution in [2.75, 3.05) is 6.61 Å². The van der Waals surface area contributed by atoms with Gasteiger partial charge in [-0.15, -0.1) is 0 Å². The molecule has 0 unspecified atom stereocenters. The molecular weight excluding hydrogens is 178 g/mol. The summed E-state index contributed by atoms with van der Waals surface area (Å²) in [5, 5.41) is 12.2. The van der Waals surface area contributed by atoms with Gasteiger partial charge in [-0.25, -0.2) is 0 Å². The lowest BCUT2D eigenvalue weighted by Crippen LogP contribution is -2.52. The van der Waals surface area contributed by atoms with Crippen LogP contribution in [0.1, 0.15) is 32.6 Å². The maximum absolute atomic E-state index is 11.2. The fourth-order valence-electron chi connectivity index (χ4n) is 1.95. The van der Waals surface area contributed by atoms with E-state index in [0.717, 1.165) is 25.7 Å². The molecule has 0 aliphatic heterocycles. The fourth-order valence-corrected chi connectivity index (χ4v) is 1.95. The van der Waals surface area contributed by atoms with Crippen LogP contribution in [0.25, 0.3) is 0 Å². The monoisotopic (exact) mass is 197 g/mol. The molecular formula is C11H19NO2. The second-order valence-electron chi connectivity index (χ2n) is 4.31. The number of nitrogens with one attached hydrogen (secondary N) is 1. The van der Waals surface area contributed by atoms with Crippen LogP contribution in [0, 0.1) is 5.92 Å². The number of aliphatic hydroxyl groups excluding tert-OH is 1. The molecule has 0 bridgehead atoms. The van der Waals surface area contributed by atoms with Crippen molar-refractivity contribution >= 4 is 5.91 Å². The van der Waals surface area contributed by atoms with E-state index in [1.165, 1.54) is 6.08 Å². The topological polar surface area (TPSA) is 49.3 Å². The second kappa shape index (κ2) is 4.60. The number of amides is 1. The third-order valence-electron chi connectivity index (χ3n) is 3.11. The predicted octanol–water partition coefficient (Wildman–Crippen LogP) is 1.23. The molecule has 14 heavy (non-hydrogen) atoms. The first-order valence-electron chi connectivity index (χ1n) is 5.17. The number of carbonyl (C=O) groups excluding carboxylic acids is 1. The molecule has 0 heterocycles. The van der Waals surface area contributed by atoms with E-state index in [1.54, 1.807) is 0 Å². The van der Waals surface area contributed by atoms with E-state index in [4.69, 9.17) is 0 Å². The Morgan fingerprint density at radius 3 is 2.64 bits per heavy atom. The summed E-state index contributed by atoms with van der Waals surface area (Å²) in [6, 6.07) is 0. The van der Waals surface area contributed by atoms with Gasteiger partial charge >= 0.3 is 0 Å². The van der Waals surface area contributed by atoms with E-state index in [-0.39, 0.29) is 12.5 Å². The van der Waals surface area contributed by atoms with Crippen LogP contribution in [0.4, 0.5) is 0 Å². The summed E-state index contributed by atoms with van der Waals surface area (Å²) in [6.07, 6.45) is 5.12. The lowest BCUT2D eigenvalue weighted by atomic mass is 9.77. The minimum atomic E-state index is -0.391. The lowest BCUT2D eigenvalue weighted by molar-refractivity contribution is -0.119. The van der Waals surface area contributed by atoms with Crippen LogP contribution in [0.2, 0.25) is 0 Å².